The molecule has 0 fully saturated rings. The van der Waals surface area contributed by atoms with Crippen LogP contribution in [0.1, 0.15) is 17.3 Å². The van der Waals surface area contributed by atoms with Gasteiger partial charge in [0.05, 0.1) is 11.1 Å². The number of carbonyl (C=O) groups is 1. The monoisotopic (exact) mass is 328 g/mol. The molecular weight excluding hydrogens is 315 g/mol. The van der Waals surface area contributed by atoms with Gasteiger partial charge >= 0.3 is 5.97 Å². The summed E-state index contributed by atoms with van der Waals surface area (Å²) in [5, 5.41) is 10.7. The first-order valence-electron chi connectivity index (χ1n) is 7.02. The smallest absolute Gasteiger partial charge is 0.335 e. The van der Waals surface area contributed by atoms with Crippen molar-refractivity contribution in [3.63, 3.8) is 0 Å². The van der Waals surface area contributed by atoms with Crippen molar-refractivity contribution in [1.82, 2.24) is 9.97 Å². The molecule has 0 aliphatic carbocycles. The molecule has 1 heterocycles. The summed E-state index contributed by atoms with van der Waals surface area (Å²) in [6.45, 7) is 2.02. The highest BCUT2D eigenvalue weighted by Gasteiger charge is 2.12. The lowest BCUT2D eigenvalue weighted by Gasteiger charge is -2.08. The summed E-state index contributed by atoms with van der Waals surface area (Å²) in [6, 6.07) is 10.7. The zero-order valence-corrected chi connectivity index (χ0v) is 13.1. The van der Waals surface area contributed by atoms with Crippen molar-refractivity contribution >= 4 is 28.6 Å². The number of aromatic carboxylic acids is 1. The molecule has 23 heavy (non-hydrogen) atoms. The Labute approximate surface area is 136 Å². The topological polar surface area (TPSA) is 63.1 Å². The van der Waals surface area contributed by atoms with E-state index in [0.29, 0.717) is 16.9 Å². The fraction of sp³-hybridized carbons (Fsp3) is 0.118. The molecular formula is C17H13FN2O2S. The average molecular weight is 328 g/mol. The minimum Gasteiger partial charge on any atom is -0.478 e. The summed E-state index contributed by atoms with van der Waals surface area (Å²) < 4.78 is 13.1. The van der Waals surface area contributed by atoms with E-state index >= 15 is 0 Å². The van der Waals surface area contributed by atoms with Crippen LogP contribution < -0.4 is 0 Å². The third-order valence-corrected chi connectivity index (χ3v) is 4.17. The fourth-order valence-corrected chi connectivity index (χ4v) is 2.96. The van der Waals surface area contributed by atoms with Crippen molar-refractivity contribution in [3.05, 3.63) is 53.8 Å². The molecule has 0 radical (unpaired) electrons. The number of rotatable bonds is 4. The van der Waals surface area contributed by atoms with Gasteiger partial charge in [-0.1, -0.05) is 6.92 Å². The van der Waals surface area contributed by atoms with E-state index in [1.165, 1.54) is 18.2 Å². The van der Waals surface area contributed by atoms with Crippen LogP contribution in [-0.2, 0) is 0 Å². The molecule has 1 aromatic heterocycles. The van der Waals surface area contributed by atoms with Gasteiger partial charge in [0, 0.05) is 10.9 Å². The Morgan fingerprint density at radius 1 is 1.17 bits per heavy atom. The number of hydrogen-bond donors (Lipinski definition) is 1. The first-order valence-corrected chi connectivity index (χ1v) is 8.01. The van der Waals surface area contributed by atoms with E-state index in [1.807, 2.05) is 6.92 Å². The molecule has 0 atom stereocenters. The van der Waals surface area contributed by atoms with Gasteiger partial charge in [-0.3, -0.25) is 0 Å². The van der Waals surface area contributed by atoms with Gasteiger partial charge in [-0.05, 0) is 48.2 Å². The van der Waals surface area contributed by atoms with Crippen molar-refractivity contribution in [1.29, 1.82) is 0 Å². The number of benzene rings is 2. The van der Waals surface area contributed by atoms with E-state index < -0.39 is 5.97 Å². The van der Waals surface area contributed by atoms with E-state index in [9.17, 15) is 9.18 Å². The van der Waals surface area contributed by atoms with Gasteiger partial charge in [-0.2, -0.15) is 0 Å². The maximum Gasteiger partial charge on any atom is 0.335 e. The average Bonchev–Trinajstić information content (AvgIpc) is 2.55. The molecule has 0 saturated carbocycles. The van der Waals surface area contributed by atoms with Crippen LogP contribution in [0.3, 0.4) is 0 Å². The summed E-state index contributed by atoms with van der Waals surface area (Å²) >= 11 is 1.56. The van der Waals surface area contributed by atoms with Gasteiger partial charge in [0.25, 0.3) is 0 Å². The minimum absolute atomic E-state index is 0.175. The zero-order valence-electron chi connectivity index (χ0n) is 12.3. The lowest BCUT2D eigenvalue weighted by Crippen LogP contribution is -1.99. The third kappa shape index (κ3) is 3.17. The highest BCUT2D eigenvalue weighted by Crippen LogP contribution is 2.29. The van der Waals surface area contributed by atoms with Crippen LogP contribution in [0.2, 0.25) is 0 Å². The third-order valence-electron chi connectivity index (χ3n) is 3.29. The van der Waals surface area contributed by atoms with Gasteiger partial charge in [0.2, 0.25) is 0 Å². The van der Waals surface area contributed by atoms with Crippen LogP contribution in [-0.4, -0.2) is 26.8 Å². The molecule has 0 bridgehead atoms. The van der Waals surface area contributed by atoms with Crippen molar-refractivity contribution < 1.29 is 14.3 Å². The first kappa shape index (κ1) is 15.4. The number of carboxylic acid groups (broad SMARTS) is 1. The predicted molar refractivity (Wildman–Crippen MR) is 88.3 cm³/mol. The van der Waals surface area contributed by atoms with Gasteiger partial charge in [-0.25, -0.2) is 19.2 Å². The van der Waals surface area contributed by atoms with Crippen LogP contribution in [0.4, 0.5) is 4.39 Å². The zero-order chi connectivity index (χ0) is 16.4. The van der Waals surface area contributed by atoms with Crippen molar-refractivity contribution in [3.8, 4) is 11.4 Å². The Morgan fingerprint density at radius 2 is 1.91 bits per heavy atom. The standard InChI is InChI=1S/C17H13FN2O2S/c1-2-23-16-13-8-5-11(17(21)22)9-14(13)19-15(20-16)10-3-6-12(18)7-4-10/h3-9H,2H2,1H3,(H,21,22). The Kier molecular flexibility index (Phi) is 4.25. The lowest BCUT2D eigenvalue weighted by atomic mass is 10.1. The predicted octanol–water partition coefficient (Wildman–Crippen LogP) is 4.25. The molecule has 3 aromatic rings. The number of aromatic nitrogens is 2. The van der Waals surface area contributed by atoms with Gasteiger partial charge in [-0.15, -0.1) is 11.8 Å². The van der Waals surface area contributed by atoms with Crippen molar-refractivity contribution in [2.45, 2.75) is 11.9 Å². The number of halogens is 1. The summed E-state index contributed by atoms with van der Waals surface area (Å²) in [5.41, 5.74) is 1.43. The maximum atomic E-state index is 13.1. The van der Waals surface area contributed by atoms with Gasteiger partial charge < -0.3 is 5.11 Å². The largest absolute Gasteiger partial charge is 0.478 e. The van der Waals surface area contributed by atoms with Crippen LogP contribution >= 0.6 is 11.8 Å². The van der Waals surface area contributed by atoms with Crippen molar-refractivity contribution in [2.75, 3.05) is 5.75 Å². The molecule has 3 rings (SSSR count). The van der Waals surface area contributed by atoms with E-state index in [1.54, 1.807) is 36.0 Å². The molecule has 0 spiro atoms. The molecule has 116 valence electrons. The van der Waals surface area contributed by atoms with Gasteiger partial charge in [0.1, 0.15) is 10.8 Å². The van der Waals surface area contributed by atoms with Crippen LogP contribution in [0, 0.1) is 5.82 Å². The number of carboxylic acids is 1. The Bertz CT molecular complexity index is 882. The molecule has 4 nitrogen and oxygen atoms in total. The normalized spacial score (nSPS) is 10.9. The number of thioether (sulfide) groups is 1. The van der Waals surface area contributed by atoms with E-state index in [2.05, 4.69) is 9.97 Å². The highest BCUT2D eigenvalue weighted by molar-refractivity contribution is 7.99. The first-order chi connectivity index (χ1) is 11.1. The van der Waals surface area contributed by atoms with Crippen LogP contribution in [0.25, 0.3) is 22.3 Å². The molecule has 6 heteroatoms. The second kappa shape index (κ2) is 6.34. The maximum absolute atomic E-state index is 13.1. The molecule has 2 aromatic carbocycles. The quantitative estimate of drug-likeness (QED) is 0.573. The summed E-state index contributed by atoms with van der Waals surface area (Å²) in [4.78, 5) is 20.2. The molecule has 0 aliphatic rings. The number of fused-ring (bicyclic) bond motifs is 1. The Balaban J connectivity index is 2.21. The molecule has 1 N–H and O–H groups in total. The minimum atomic E-state index is -1.00. The Hall–Kier alpha value is -2.47. The molecule has 0 unspecified atom stereocenters. The van der Waals surface area contributed by atoms with Crippen molar-refractivity contribution in [2.24, 2.45) is 0 Å². The lowest BCUT2D eigenvalue weighted by molar-refractivity contribution is 0.0697. The number of hydrogen-bond acceptors (Lipinski definition) is 4. The summed E-state index contributed by atoms with van der Waals surface area (Å²) in [6.07, 6.45) is 0. The fourth-order valence-electron chi connectivity index (χ4n) is 2.21. The van der Waals surface area contributed by atoms with E-state index in [0.717, 1.165) is 16.2 Å². The Morgan fingerprint density at radius 3 is 2.57 bits per heavy atom. The number of nitrogens with zero attached hydrogens (tertiary/aromatic N) is 2. The second-order valence-corrected chi connectivity index (χ2v) is 6.08. The SMILES string of the molecule is CCSc1nc(-c2ccc(F)cc2)nc2cc(C(=O)O)ccc12. The van der Waals surface area contributed by atoms with E-state index in [4.69, 9.17) is 5.11 Å². The van der Waals surface area contributed by atoms with E-state index in [-0.39, 0.29) is 11.4 Å². The second-order valence-electron chi connectivity index (χ2n) is 4.83. The van der Waals surface area contributed by atoms with Crippen LogP contribution in [0.5, 0.6) is 0 Å². The summed E-state index contributed by atoms with van der Waals surface area (Å²) in [7, 11) is 0. The highest BCUT2D eigenvalue weighted by atomic mass is 32.2. The van der Waals surface area contributed by atoms with Crippen LogP contribution in [0.15, 0.2) is 47.5 Å². The summed E-state index contributed by atoms with van der Waals surface area (Å²) in [5.74, 6) is -0.0456. The molecule has 0 aliphatic heterocycles. The van der Waals surface area contributed by atoms with Gasteiger partial charge in [0.15, 0.2) is 5.82 Å². The molecule has 0 saturated heterocycles. The molecule has 0 amide bonds.